The molecule has 0 aliphatic carbocycles. The normalized spacial score (nSPS) is 19.2. The van der Waals surface area contributed by atoms with Gasteiger partial charge in [0.1, 0.15) is 11.6 Å². The Bertz CT molecular complexity index is 681. The Kier molecular flexibility index (Phi) is 6.13. The van der Waals surface area contributed by atoms with Crippen molar-refractivity contribution in [2.24, 2.45) is 0 Å². The molecule has 0 aromatic heterocycles. The van der Waals surface area contributed by atoms with E-state index in [4.69, 9.17) is 0 Å². The van der Waals surface area contributed by atoms with Crippen LogP contribution >= 0.6 is 0 Å². The maximum atomic E-state index is 13.9. The monoisotopic (exact) mass is 346 g/mol. The lowest BCUT2D eigenvalue weighted by atomic mass is 10.1. The van der Waals surface area contributed by atoms with Gasteiger partial charge in [-0.25, -0.2) is 8.78 Å². The smallest absolute Gasteiger partial charge is 0.127 e. The lowest BCUT2D eigenvalue weighted by Gasteiger charge is -2.41. The van der Waals surface area contributed by atoms with Crippen molar-refractivity contribution >= 4 is 0 Å². The van der Waals surface area contributed by atoms with E-state index in [0.717, 1.165) is 32.2 Å². The van der Waals surface area contributed by atoms with Crippen LogP contribution in [-0.4, -0.2) is 47.2 Å². The van der Waals surface area contributed by atoms with Crippen molar-refractivity contribution in [1.82, 2.24) is 9.80 Å². The van der Waals surface area contributed by atoms with Crippen molar-refractivity contribution < 1.29 is 13.9 Å². The highest BCUT2D eigenvalue weighted by Crippen LogP contribution is 2.19. The molecular formula is C20H24F2N2O. The molecule has 2 aromatic rings. The summed E-state index contributed by atoms with van der Waals surface area (Å²) in [7, 11) is 0. The zero-order valence-electron chi connectivity index (χ0n) is 14.2. The number of benzene rings is 2. The Hall–Kier alpha value is -1.82. The van der Waals surface area contributed by atoms with E-state index in [1.807, 2.05) is 18.2 Å². The molecule has 1 N–H and O–H groups in total. The standard InChI is InChI=1S/C20H24F2N2O/c21-18-6-7-20(22)17(12-18)14-23-9-10-24(19(15-23)8-11-25)13-16-4-2-1-3-5-16/h1-7,12,19,25H,8-11,13-15H2. The number of nitrogens with zero attached hydrogens (tertiary/aromatic N) is 2. The molecule has 0 bridgehead atoms. The summed E-state index contributed by atoms with van der Waals surface area (Å²) in [4.78, 5) is 4.50. The lowest BCUT2D eigenvalue weighted by Crippen LogP contribution is -2.52. The molecule has 1 saturated heterocycles. The molecule has 134 valence electrons. The van der Waals surface area contributed by atoms with E-state index >= 15 is 0 Å². The molecule has 0 saturated carbocycles. The van der Waals surface area contributed by atoms with Crippen LogP contribution in [0.5, 0.6) is 0 Å². The minimum absolute atomic E-state index is 0.123. The van der Waals surface area contributed by atoms with E-state index in [0.29, 0.717) is 18.5 Å². The van der Waals surface area contributed by atoms with Gasteiger partial charge in [-0.2, -0.15) is 0 Å². The van der Waals surface area contributed by atoms with Gasteiger partial charge in [-0.1, -0.05) is 30.3 Å². The van der Waals surface area contributed by atoms with Crippen LogP contribution in [0.2, 0.25) is 0 Å². The molecule has 1 aliphatic heterocycles. The summed E-state index contributed by atoms with van der Waals surface area (Å²) in [6, 6.07) is 14.1. The molecule has 5 heteroatoms. The number of rotatable bonds is 6. The number of aliphatic hydroxyl groups is 1. The molecule has 1 unspecified atom stereocenters. The summed E-state index contributed by atoms with van der Waals surface area (Å²) in [5.74, 6) is -0.780. The van der Waals surface area contributed by atoms with Gasteiger partial charge in [-0.3, -0.25) is 9.80 Å². The third kappa shape index (κ3) is 4.84. The van der Waals surface area contributed by atoms with Gasteiger partial charge in [0.05, 0.1) is 0 Å². The Morgan fingerprint density at radius 1 is 1.00 bits per heavy atom. The maximum Gasteiger partial charge on any atom is 0.127 e. The van der Waals surface area contributed by atoms with Crippen LogP contribution in [0.1, 0.15) is 17.5 Å². The zero-order chi connectivity index (χ0) is 17.6. The molecular weight excluding hydrogens is 322 g/mol. The van der Waals surface area contributed by atoms with E-state index in [1.165, 1.54) is 17.7 Å². The van der Waals surface area contributed by atoms with Crippen molar-refractivity contribution in [3.8, 4) is 0 Å². The highest BCUT2D eigenvalue weighted by molar-refractivity contribution is 5.19. The number of piperazine rings is 1. The van der Waals surface area contributed by atoms with Gasteiger partial charge in [0, 0.05) is 50.9 Å². The van der Waals surface area contributed by atoms with Crippen LogP contribution in [0.4, 0.5) is 8.78 Å². The lowest BCUT2D eigenvalue weighted by molar-refractivity contribution is 0.0494. The van der Waals surface area contributed by atoms with Crippen molar-refractivity contribution in [1.29, 1.82) is 0 Å². The minimum atomic E-state index is -0.411. The summed E-state index contributed by atoms with van der Waals surface area (Å²) < 4.78 is 27.3. The SMILES string of the molecule is OCCC1CN(Cc2cc(F)ccc2F)CCN1Cc1ccccc1. The van der Waals surface area contributed by atoms with E-state index in [1.54, 1.807) is 0 Å². The van der Waals surface area contributed by atoms with Crippen LogP contribution in [0.25, 0.3) is 0 Å². The van der Waals surface area contributed by atoms with Crippen molar-refractivity contribution in [3.63, 3.8) is 0 Å². The van der Waals surface area contributed by atoms with Crippen molar-refractivity contribution in [2.75, 3.05) is 26.2 Å². The molecule has 1 fully saturated rings. The van der Waals surface area contributed by atoms with Crippen LogP contribution in [0.3, 0.4) is 0 Å². The average molecular weight is 346 g/mol. The summed E-state index contributed by atoms with van der Waals surface area (Å²) in [5, 5.41) is 9.40. The van der Waals surface area contributed by atoms with E-state index < -0.39 is 5.82 Å². The minimum Gasteiger partial charge on any atom is -0.396 e. The Balaban J connectivity index is 1.65. The molecule has 3 nitrogen and oxygen atoms in total. The van der Waals surface area contributed by atoms with Crippen molar-refractivity contribution in [3.05, 3.63) is 71.3 Å². The predicted octanol–water partition coefficient (Wildman–Crippen LogP) is 3.03. The van der Waals surface area contributed by atoms with Gasteiger partial charge < -0.3 is 5.11 Å². The number of hydrogen-bond acceptors (Lipinski definition) is 3. The average Bonchev–Trinajstić information content (AvgIpc) is 2.61. The Morgan fingerprint density at radius 2 is 1.80 bits per heavy atom. The highest BCUT2D eigenvalue weighted by atomic mass is 19.1. The van der Waals surface area contributed by atoms with Crippen LogP contribution in [-0.2, 0) is 13.1 Å². The van der Waals surface area contributed by atoms with E-state index in [-0.39, 0.29) is 18.5 Å². The second kappa shape index (κ2) is 8.52. The second-order valence-corrected chi connectivity index (χ2v) is 6.59. The molecule has 25 heavy (non-hydrogen) atoms. The molecule has 1 atom stereocenters. The zero-order valence-corrected chi connectivity index (χ0v) is 14.2. The number of halogens is 2. The summed E-state index contributed by atoms with van der Waals surface area (Å²) >= 11 is 0. The van der Waals surface area contributed by atoms with Gasteiger partial charge in [0.25, 0.3) is 0 Å². The molecule has 0 spiro atoms. The van der Waals surface area contributed by atoms with Crippen LogP contribution in [0, 0.1) is 11.6 Å². The fraction of sp³-hybridized carbons (Fsp3) is 0.400. The van der Waals surface area contributed by atoms with Gasteiger partial charge >= 0.3 is 0 Å². The first-order valence-electron chi connectivity index (χ1n) is 8.71. The first kappa shape index (κ1) is 18.0. The Morgan fingerprint density at radius 3 is 2.56 bits per heavy atom. The quantitative estimate of drug-likeness (QED) is 0.871. The fourth-order valence-corrected chi connectivity index (χ4v) is 3.46. The van der Waals surface area contributed by atoms with Gasteiger partial charge in [-0.05, 0) is 30.2 Å². The number of hydrogen-bond donors (Lipinski definition) is 1. The molecule has 0 amide bonds. The van der Waals surface area contributed by atoms with Gasteiger partial charge in [-0.15, -0.1) is 0 Å². The van der Waals surface area contributed by atoms with Crippen LogP contribution in [0.15, 0.2) is 48.5 Å². The second-order valence-electron chi connectivity index (χ2n) is 6.59. The summed E-state index contributed by atoms with van der Waals surface area (Å²) in [5.41, 5.74) is 1.63. The van der Waals surface area contributed by atoms with Crippen molar-refractivity contribution in [2.45, 2.75) is 25.6 Å². The molecule has 1 heterocycles. The first-order chi connectivity index (χ1) is 12.2. The Labute approximate surface area is 147 Å². The summed E-state index contributed by atoms with van der Waals surface area (Å²) in [6.45, 7) is 3.74. The fourth-order valence-electron chi connectivity index (χ4n) is 3.46. The molecule has 1 aliphatic rings. The molecule has 3 rings (SSSR count). The van der Waals surface area contributed by atoms with E-state index in [9.17, 15) is 13.9 Å². The first-order valence-corrected chi connectivity index (χ1v) is 8.71. The topological polar surface area (TPSA) is 26.7 Å². The third-order valence-corrected chi connectivity index (χ3v) is 4.78. The summed E-state index contributed by atoms with van der Waals surface area (Å²) in [6.07, 6.45) is 0.676. The molecule has 0 radical (unpaired) electrons. The third-order valence-electron chi connectivity index (χ3n) is 4.78. The largest absolute Gasteiger partial charge is 0.396 e. The highest BCUT2D eigenvalue weighted by Gasteiger charge is 2.27. The van der Waals surface area contributed by atoms with E-state index in [2.05, 4.69) is 21.9 Å². The predicted molar refractivity (Wildman–Crippen MR) is 94.0 cm³/mol. The van der Waals surface area contributed by atoms with Crippen LogP contribution < -0.4 is 0 Å². The van der Waals surface area contributed by atoms with Gasteiger partial charge in [0.15, 0.2) is 0 Å². The maximum absolute atomic E-state index is 13.9. The number of aliphatic hydroxyl groups excluding tert-OH is 1. The van der Waals surface area contributed by atoms with Gasteiger partial charge in [0.2, 0.25) is 0 Å². The molecule has 2 aromatic carbocycles.